The van der Waals surface area contributed by atoms with Crippen molar-refractivity contribution in [2.45, 2.75) is 46.5 Å². The van der Waals surface area contributed by atoms with Crippen LogP contribution in [0.3, 0.4) is 0 Å². The molecule has 0 amide bonds. The number of imidazole rings is 1. The van der Waals surface area contributed by atoms with Crippen molar-refractivity contribution < 1.29 is 4.57 Å². The highest BCUT2D eigenvalue weighted by Crippen LogP contribution is 2.46. The van der Waals surface area contributed by atoms with Gasteiger partial charge in [0.2, 0.25) is 0 Å². The number of fused-ring (bicyclic) bond motifs is 6. The molecule has 0 saturated heterocycles. The summed E-state index contributed by atoms with van der Waals surface area (Å²) in [6.45, 7) is 11.6. The fourth-order valence-corrected chi connectivity index (χ4v) is 8.90. The van der Waals surface area contributed by atoms with Gasteiger partial charge >= 0.3 is 0 Å². The standard InChI is InChI=1S/C43H39N2S/c1-26(2)31-18-12-19-32(27(3)4)39(31)45-40-33-17-11-10-16-30(33)23-25-37(40)44(6)43(45)38-28(5)22-24-36-35-21-13-20-34(41(35)46-42(36)38)29-14-8-7-9-15-29/h7-27H,1-6H3/q+1. The molecule has 0 unspecified atom stereocenters. The Morgan fingerprint density at radius 3 is 2.00 bits per heavy atom. The van der Waals surface area contributed by atoms with Gasteiger partial charge in [0.15, 0.2) is 11.0 Å². The molecule has 0 fully saturated rings. The first-order valence-corrected chi connectivity index (χ1v) is 17.2. The smallest absolute Gasteiger partial charge is 0.225 e. The minimum absolute atomic E-state index is 0.369. The molecule has 0 aliphatic heterocycles. The van der Waals surface area contributed by atoms with E-state index in [1.807, 2.05) is 11.3 Å². The molecule has 46 heavy (non-hydrogen) atoms. The third-order valence-corrected chi connectivity index (χ3v) is 11.0. The lowest BCUT2D eigenvalue weighted by Crippen LogP contribution is -2.30. The number of benzene rings is 6. The maximum absolute atomic E-state index is 2.63. The summed E-state index contributed by atoms with van der Waals surface area (Å²) >= 11 is 1.94. The molecule has 0 aliphatic carbocycles. The minimum atomic E-state index is 0.369. The second-order valence-electron chi connectivity index (χ2n) is 13.3. The van der Waals surface area contributed by atoms with E-state index in [1.54, 1.807) is 0 Å². The summed E-state index contributed by atoms with van der Waals surface area (Å²) in [6, 6.07) is 42.7. The predicted molar refractivity (Wildman–Crippen MR) is 199 cm³/mol. The van der Waals surface area contributed by atoms with Gasteiger partial charge in [0.25, 0.3) is 5.82 Å². The molecular formula is C43H39N2S+. The Morgan fingerprint density at radius 2 is 1.26 bits per heavy atom. The van der Waals surface area contributed by atoms with Crippen molar-refractivity contribution in [3.05, 3.63) is 132 Å². The van der Waals surface area contributed by atoms with E-state index in [2.05, 4.69) is 166 Å². The van der Waals surface area contributed by atoms with Crippen LogP contribution >= 0.6 is 11.3 Å². The summed E-state index contributed by atoms with van der Waals surface area (Å²) in [5, 5.41) is 5.19. The number of hydrogen-bond acceptors (Lipinski definition) is 1. The summed E-state index contributed by atoms with van der Waals surface area (Å²) in [5.41, 5.74) is 11.8. The first kappa shape index (κ1) is 28.7. The Kier molecular flexibility index (Phi) is 6.84. The molecule has 0 saturated carbocycles. The van der Waals surface area contributed by atoms with Gasteiger partial charge in [-0.2, -0.15) is 4.57 Å². The third-order valence-electron chi connectivity index (χ3n) is 9.74. The number of rotatable bonds is 5. The molecule has 0 atom stereocenters. The molecule has 0 N–H and O–H groups in total. The van der Waals surface area contributed by atoms with Crippen LogP contribution in [0, 0.1) is 6.92 Å². The second-order valence-corrected chi connectivity index (χ2v) is 14.3. The quantitative estimate of drug-likeness (QED) is 0.170. The minimum Gasteiger partial charge on any atom is -0.225 e. The molecule has 0 spiro atoms. The molecule has 2 nitrogen and oxygen atoms in total. The van der Waals surface area contributed by atoms with Crippen LogP contribution in [0.15, 0.2) is 115 Å². The highest BCUT2D eigenvalue weighted by molar-refractivity contribution is 7.26. The molecule has 0 aliphatic rings. The fourth-order valence-electron chi connectivity index (χ4n) is 7.47. The lowest BCUT2D eigenvalue weighted by molar-refractivity contribution is -0.633. The molecule has 8 rings (SSSR count). The van der Waals surface area contributed by atoms with Gasteiger partial charge in [0.05, 0.1) is 17.3 Å². The van der Waals surface area contributed by atoms with Crippen LogP contribution in [0.1, 0.15) is 56.2 Å². The van der Waals surface area contributed by atoms with Crippen LogP contribution in [-0.2, 0) is 7.05 Å². The topological polar surface area (TPSA) is 8.81 Å². The molecule has 3 heteroatoms. The molecule has 2 heterocycles. The van der Waals surface area contributed by atoms with Crippen molar-refractivity contribution in [1.29, 1.82) is 0 Å². The Labute approximate surface area is 275 Å². The zero-order valence-electron chi connectivity index (χ0n) is 27.4. The first-order chi connectivity index (χ1) is 22.3. The molecule has 6 aromatic carbocycles. The van der Waals surface area contributed by atoms with Crippen molar-refractivity contribution in [2.24, 2.45) is 7.05 Å². The van der Waals surface area contributed by atoms with Gasteiger partial charge in [-0.1, -0.05) is 125 Å². The van der Waals surface area contributed by atoms with Crippen molar-refractivity contribution >= 4 is 53.3 Å². The lowest BCUT2D eigenvalue weighted by atomic mass is 9.92. The van der Waals surface area contributed by atoms with Crippen LogP contribution in [0.2, 0.25) is 0 Å². The maximum atomic E-state index is 2.63. The molecular weight excluding hydrogens is 577 g/mol. The SMILES string of the molecule is Cc1ccc2c(sc3c(-c4ccccc4)cccc32)c1-c1n(-c2c(C(C)C)cccc2C(C)C)c2c3ccccc3ccc2[n+]1C. The Bertz CT molecular complexity index is 2410. The summed E-state index contributed by atoms with van der Waals surface area (Å²) in [5.74, 6) is 1.97. The summed E-state index contributed by atoms with van der Waals surface area (Å²) in [4.78, 5) is 0. The normalized spacial score (nSPS) is 12.1. The molecule has 0 bridgehead atoms. The average molecular weight is 616 g/mol. The van der Waals surface area contributed by atoms with Crippen molar-refractivity contribution in [3.63, 3.8) is 0 Å². The monoisotopic (exact) mass is 615 g/mol. The van der Waals surface area contributed by atoms with Gasteiger partial charge in [-0.05, 0) is 59.0 Å². The van der Waals surface area contributed by atoms with Crippen molar-refractivity contribution in [1.82, 2.24) is 4.57 Å². The van der Waals surface area contributed by atoms with Gasteiger partial charge in [0.1, 0.15) is 5.69 Å². The zero-order chi connectivity index (χ0) is 31.7. The van der Waals surface area contributed by atoms with Crippen LogP contribution in [0.5, 0.6) is 0 Å². The maximum Gasteiger partial charge on any atom is 0.296 e. The predicted octanol–water partition coefficient (Wildman–Crippen LogP) is 11.9. The van der Waals surface area contributed by atoms with Gasteiger partial charge in [-0.25, -0.2) is 4.57 Å². The highest BCUT2D eigenvalue weighted by Gasteiger charge is 2.34. The van der Waals surface area contributed by atoms with Crippen LogP contribution in [0.25, 0.3) is 70.2 Å². The van der Waals surface area contributed by atoms with E-state index in [4.69, 9.17) is 0 Å². The number of nitrogens with zero attached hydrogens (tertiary/aromatic N) is 2. The van der Waals surface area contributed by atoms with E-state index in [9.17, 15) is 0 Å². The summed E-state index contributed by atoms with van der Waals surface area (Å²) in [7, 11) is 2.26. The van der Waals surface area contributed by atoms with Gasteiger partial charge < -0.3 is 0 Å². The van der Waals surface area contributed by atoms with Gasteiger partial charge in [-0.15, -0.1) is 11.3 Å². The van der Waals surface area contributed by atoms with E-state index in [0.29, 0.717) is 11.8 Å². The first-order valence-electron chi connectivity index (χ1n) is 16.4. The van der Waals surface area contributed by atoms with Crippen LogP contribution in [0.4, 0.5) is 0 Å². The largest absolute Gasteiger partial charge is 0.296 e. The number of thiophene rings is 1. The lowest BCUT2D eigenvalue weighted by Gasteiger charge is -2.19. The number of aryl methyl sites for hydroxylation is 2. The van der Waals surface area contributed by atoms with Crippen molar-refractivity contribution in [3.8, 4) is 28.2 Å². The van der Waals surface area contributed by atoms with E-state index in [0.717, 1.165) is 0 Å². The Balaban J connectivity index is 1.58. The Hall–Kier alpha value is -4.73. The van der Waals surface area contributed by atoms with E-state index >= 15 is 0 Å². The van der Waals surface area contributed by atoms with E-state index in [1.165, 1.54) is 86.9 Å². The number of hydrogen-bond donors (Lipinski definition) is 0. The third kappa shape index (κ3) is 4.25. The fraction of sp³-hybridized carbons (Fsp3) is 0.186. The number of para-hydroxylation sites is 1. The summed E-state index contributed by atoms with van der Waals surface area (Å²) in [6.07, 6.45) is 0. The van der Waals surface area contributed by atoms with Gasteiger partial charge in [0, 0.05) is 32.0 Å². The molecule has 2 aromatic heterocycles. The average Bonchev–Trinajstić information content (AvgIpc) is 3.59. The van der Waals surface area contributed by atoms with E-state index in [-0.39, 0.29) is 0 Å². The Morgan fingerprint density at radius 1 is 0.609 bits per heavy atom. The molecule has 0 radical (unpaired) electrons. The van der Waals surface area contributed by atoms with E-state index < -0.39 is 0 Å². The number of aromatic nitrogens is 2. The highest BCUT2D eigenvalue weighted by atomic mass is 32.1. The van der Waals surface area contributed by atoms with Crippen molar-refractivity contribution in [2.75, 3.05) is 0 Å². The van der Waals surface area contributed by atoms with Crippen LogP contribution in [-0.4, -0.2) is 4.57 Å². The van der Waals surface area contributed by atoms with Crippen LogP contribution < -0.4 is 4.57 Å². The van der Waals surface area contributed by atoms with Gasteiger partial charge in [-0.3, -0.25) is 0 Å². The zero-order valence-corrected chi connectivity index (χ0v) is 28.2. The second kappa shape index (κ2) is 11.0. The molecule has 226 valence electrons. The summed E-state index contributed by atoms with van der Waals surface area (Å²) < 4.78 is 7.77. The molecule has 8 aromatic rings.